The molecule has 2 aromatic carbocycles. The van der Waals surface area contributed by atoms with E-state index in [2.05, 4.69) is 21.2 Å². The molecule has 24 heavy (non-hydrogen) atoms. The fourth-order valence-corrected chi connectivity index (χ4v) is 2.40. The lowest BCUT2D eigenvalue weighted by atomic mass is 10.2. The molecule has 5 nitrogen and oxygen atoms in total. The van der Waals surface area contributed by atoms with Gasteiger partial charge < -0.3 is 14.8 Å². The number of ether oxygens (including phenoxy) is 2. The van der Waals surface area contributed by atoms with Gasteiger partial charge in [0, 0.05) is 11.9 Å². The minimum atomic E-state index is 0.468. The van der Waals surface area contributed by atoms with Gasteiger partial charge in [0.05, 0.1) is 14.2 Å². The molecule has 0 aliphatic rings. The number of rotatable bonds is 5. The molecule has 0 radical (unpaired) electrons. The maximum atomic E-state index is 5.59. The number of hydrogen-bond donors (Lipinski definition) is 1. The zero-order valence-electron chi connectivity index (χ0n) is 13.5. The van der Waals surface area contributed by atoms with Crippen molar-refractivity contribution in [2.75, 3.05) is 19.5 Å². The number of terminal acetylenes is 1. The van der Waals surface area contributed by atoms with Gasteiger partial charge in [0.15, 0.2) is 0 Å². The van der Waals surface area contributed by atoms with E-state index in [0.29, 0.717) is 29.5 Å². The topological polar surface area (TPSA) is 56.3 Å². The van der Waals surface area contributed by atoms with Gasteiger partial charge in [-0.1, -0.05) is 18.2 Å². The molecule has 120 valence electrons. The standard InChI is InChI=1S/C19H17N3O2/c1-4-16-15-6-5-7-17(24-3)18(15)22-19(21-16)20-12-13-8-10-14(23-2)11-9-13/h1,5-11H,12H2,2-3H3,(H,20,21,22). The third kappa shape index (κ3) is 3.08. The van der Waals surface area contributed by atoms with Crippen molar-refractivity contribution in [1.29, 1.82) is 0 Å². The van der Waals surface area contributed by atoms with E-state index in [1.807, 2.05) is 42.5 Å². The zero-order chi connectivity index (χ0) is 16.9. The maximum Gasteiger partial charge on any atom is 0.224 e. The van der Waals surface area contributed by atoms with Gasteiger partial charge in [-0.3, -0.25) is 0 Å². The van der Waals surface area contributed by atoms with Crippen molar-refractivity contribution in [2.24, 2.45) is 0 Å². The lowest BCUT2D eigenvalue weighted by molar-refractivity contribution is 0.414. The van der Waals surface area contributed by atoms with Crippen molar-refractivity contribution in [3.63, 3.8) is 0 Å². The van der Waals surface area contributed by atoms with E-state index >= 15 is 0 Å². The van der Waals surface area contributed by atoms with Crippen molar-refractivity contribution >= 4 is 16.9 Å². The molecular weight excluding hydrogens is 302 g/mol. The van der Waals surface area contributed by atoms with Crippen LogP contribution in [-0.2, 0) is 6.54 Å². The largest absolute Gasteiger partial charge is 0.497 e. The second kappa shape index (κ2) is 6.88. The van der Waals surface area contributed by atoms with Crippen LogP contribution in [0.5, 0.6) is 11.5 Å². The summed E-state index contributed by atoms with van der Waals surface area (Å²) < 4.78 is 10.5. The summed E-state index contributed by atoms with van der Waals surface area (Å²) >= 11 is 0. The van der Waals surface area contributed by atoms with Crippen molar-refractivity contribution in [1.82, 2.24) is 9.97 Å². The Kier molecular flexibility index (Phi) is 4.48. The molecule has 0 saturated heterocycles. The van der Waals surface area contributed by atoms with Gasteiger partial charge in [-0.25, -0.2) is 9.97 Å². The molecule has 1 N–H and O–H groups in total. The van der Waals surface area contributed by atoms with Crippen molar-refractivity contribution in [3.8, 4) is 23.8 Å². The summed E-state index contributed by atoms with van der Waals surface area (Å²) in [6, 6.07) is 13.4. The molecule has 5 heteroatoms. The number of anilines is 1. The normalized spacial score (nSPS) is 10.2. The second-order valence-electron chi connectivity index (χ2n) is 5.10. The van der Waals surface area contributed by atoms with Crippen LogP contribution in [0.25, 0.3) is 10.9 Å². The van der Waals surface area contributed by atoms with E-state index in [1.54, 1.807) is 14.2 Å². The summed E-state index contributed by atoms with van der Waals surface area (Å²) in [7, 11) is 3.25. The Morgan fingerprint density at radius 1 is 1.04 bits per heavy atom. The molecule has 1 heterocycles. The van der Waals surface area contributed by atoms with Gasteiger partial charge in [-0.15, -0.1) is 6.42 Å². The third-order valence-corrected chi connectivity index (χ3v) is 3.66. The van der Waals surface area contributed by atoms with Crippen molar-refractivity contribution in [2.45, 2.75) is 6.54 Å². The van der Waals surface area contributed by atoms with Crippen LogP contribution in [0.1, 0.15) is 11.3 Å². The molecule has 3 aromatic rings. The van der Waals surface area contributed by atoms with Gasteiger partial charge in [0.25, 0.3) is 0 Å². The highest BCUT2D eigenvalue weighted by Crippen LogP contribution is 2.26. The molecule has 0 aliphatic carbocycles. The predicted molar refractivity (Wildman–Crippen MR) is 94.3 cm³/mol. The Morgan fingerprint density at radius 2 is 1.83 bits per heavy atom. The third-order valence-electron chi connectivity index (χ3n) is 3.66. The van der Waals surface area contributed by atoms with Gasteiger partial charge in [0.2, 0.25) is 5.95 Å². The molecule has 0 unspecified atom stereocenters. The van der Waals surface area contributed by atoms with Crippen LogP contribution in [0.4, 0.5) is 5.95 Å². The number of nitrogens with one attached hydrogen (secondary N) is 1. The zero-order valence-corrected chi connectivity index (χ0v) is 13.5. The Morgan fingerprint density at radius 3 is 2.50 bits per heavy atom. The van der Waals surface area contributed by atoms with Crippen LogP contribution in [0.2, 0.25) is 0 Å². The lowest BCUT2D eigenvalue weighted by Gasteiger charge is -2.10. The van der Waals surface area contributed by atoms with Crippen molar-refractivity contribution < 1.29 is 9.47 Å². The molecule has 1 aromatic heterocycles. The van der Waals surface area contributed by atoms with Crippen LogP contribution in [-0.4, -0.2) is 24.2 Å². The van der Waals surface area contributed by atoms with Crippen LogP contribution in [0.3, 0.4) is 0 Å². The first-order chi connectivity index (χ1) is 11.7. The summed E-state index contributed by atoms with van der Waals surface area (Å²) in [5.41, 5.74) is 2.32. The summed E-state index contributed by atoms with van der Waals surface area (Å²) in [5.74, 6) is 4.57. The smallest absolute Gasteiger partial charge is 0.224 e. The molecular formula is C19H17N3O2. The molecule has 0 spiro atoms. The number of benzene rings is 2. The first-order valence-corrected chi connectivity index (χ1v) is 7.43. The number of hydrogen-bond acceptors (Lipinski definition) is 5. The lowest BCUT2D eigenvalue weighted by Crippen LogP contribution is -2.05. The average molecular weight is 319 g/mol. The van der Waals surface area contributed by atoms with Crippen LogP contribution in [0, 0.1) is 12.3 Å². The Balaban J connectivity index is 1.90. The highest BCUT2D eigenvalue weighted by molar-refractivity contribution is 5.89. The predicted octanol–water partition coefficient (Wildman–Crippen LogP) is 3.24. The van der Waals surface area contributed by atoms with Gasteiger partial charge in [0.1, 0.15) is 22.7 Å². The minimum absolute atomic E-state index is 0.468. The van der Waals surface area contributed by atoms with Gasteiger partial charge >= 0.3 is 0 Å². The monoisotopic (exact) mass is 319 g/mol. The Bertz CT molecular complexity index is 899. The molecule has 3 rings (SSSR count). The first kappa shape index (κ1) is 15.6. The Labute approximate surface area is 140 Å². The van der Waals surface area contributed by atoms with Crippen LogP contribution < -0.4 is 14.8 Å². The summed E-state index contributed by atoms with van der Waals surface area (Å²) in [4.78, 5) is 8.94. The van der Waals surface area contributed by atoms with Gasteiger partial charge in [-0.05, 0) is 35.7 Å². The summed E-state index contributed by atoms with van der Waals surface area (Å²) in [6.07, 6.45) is 5.59. The number of aromatic nitrogens is 2. The van der Waals surface area contributed by atoms with Crippen LogP contribution >= 0.6 is 0 Å². The summed E-state index contributed by atoms with van der Waals surface area (Å²) in [6.45, 7) is 0.578. The van der Waals surface area contributed by atoms with E-state index in [1.165, 1.54) is 0 Å². The number of para-hydroxylation sites is 1. The minimum Gasteiger partial charge on any atom is -0.497 e. The maximum absolute atomic E-state index is 5.59. The first-order valence-electron chi connectivity index (χ1n) is 7.43. The fourth-order valence-electron chi connectivity index (χ4n) is 2.40. The molecule has 0 bridgehead atoms. The highest BCUT2D eigenvalue weighted by atomic mass is 16.5. The highest BCUT2D eigenvalue weighted by Gasteiger charge is 2.10. The molecule has 0 atom stereocenters. The van der Waals surface area contributed by atoms with E-state index in [0.717, 1.165) is 16.7 Å². The Hall–Kier alpha value is -3.26. The SMILES string of the molecule is C#Cc1nc(NCc2ccc(OC)cc2)nc2c(OC)cccc12. The molecule has 0 fully saturated rings. The summed E-state index contributed by atoms with van der Waals surface area (Å²) in [5, 5.41) is 4.00. The molecule has 0 saturated carbocycles. The fraction of sp³-hybridized carbons (Fsp3) is 0.158. The van der Waals surface area contributed by atoms with E-state index in [-0.39, 0.29) is 0 Å². The van der Waals surface area contributed by atoms with E-state index in [9.17, 15) is 0 Å². The second-order valence-corrected chi connectivity index (χ2v) is 5.10. The van der Waals surface area contributed by atoms with Crippen molar-refractivity contribution in [3.05, 3.63) is 53.7 Å². The molecule has 0 amide bonds. The number of fused-ring (bicyclic) bond motifs is 1. The quantitative estimate of drug-likeness (QED) is 0.732. The average Bonchev–Trinajstić information content (AvgIpc) is 2.65. The van der Waals surface area contributed by atoms with E-state index < -0.39 is 0 Å². The van der Waals surface area contributed by atoms with Crippen LogP contribution in [0.15, 0.2) is 42.5 Å². The number of methoxy groups -OCH3 is 2. The molecule has 0 aliphatic heterocycles. The number of nitrogens with zero attached hydrogens (tertiary/aromatic N) is 2. The van der Waals surface area contributed by atoms with E-state index in [4.69, 9.17) is 15.9 Å². The van der Waals surface area contributed by atoms with Gasteiger partial charge in [-0.2, -0.15) is 0 Å².